The Labute approximate surface area is 209 Å². The zero-order valence-corrected chi connectivity index (χ0v) is 20.5. The number of nitriles is 2. The topological polar surface area (TPSA) is 130 Å². The predicted octanol–water partition coefficient (Wildman–Crippen LogP) is 4.24. The largest absolute Gasteiger partial charge is 0.493 e. The number of aromatic nitrogens is 2. The minimum absolute atomic E-state index is 0.0841. The molecule has 0 atom stereocenters. The number of hydrogen-bond acceptors (Lipinski definition) is 7. The Morgan fingerprint density at radius 3 is 2.64 bits per heavy atom. The predicted molar refractivity (Wildman–Crippen MR) is 133 cm³/mol. The van der Waals surface area contributed by atoms with E-state index in [1.165, 1.54) is 11.8 Å². The summed E-state index contributed by atoms with van der Waals surface area (Å²) in [5, 5.41) is 33.3. The SMILES string of the molecule is COc1cc(/C=C(/C#N)c2nn(CCO)c(N)c2C#N)cc(I)c1OCc1ccc(Cl)cc1. The van der Waals surface area contributed by atoms with Gasteiger partial charge >= 0.3 is 0 Å². The Hall–Kier alpha value is -3.25. The lowest BCUT2D eigenvalue weighted by Crippen LogP contribution is -2.07. The fraction of sp³-hybridized carbons (Fsp3) is 0.174. The van der Waals surface area contributed by atoms with Gasteiger partial charge in [-0.05, 0) is 64.1 Å². The third-order valence-corrected chi connectivity index (χ3v) is 5.70. The van der Waals surface area contributed by atoms with Crippen molar-refractivity contribution in [2.45, 2.75) is 13.2 Å². The molecule has 10 heteroatoms. The lowest BCUT2D eigenvalue weighted by molar-refractivity contribution is 0.270. The summed E-state index contributed by atoms with van der Waals surface area (Å²) < 4.78 is 13.6. The molecule has 0 aliphatic rings. The second-order valence-corrected chi connectivity index (χ2v) is 8.39. The van der Waals surface area contributed by atoms with E-state index in [-0.39, 0.29) is 35.8 Å². The quantitative estimate of drug-likeness (QED) is 0.304. The first kappa shape index (κ1) is 24.4. The molecule has 1 aromatic heterocycles. The Morgan fingerprint density at radius 2 is 2.03 bits per heavy atom. The summed E-state index contributed by atoms with van der Waals surface area (Å²) in [7, 11) is 1.53. The van der Waals surface area contributed by atoms with E-state index in [2.05, 4.69) is 33.8 Å². The Bertz CT molecular complexity index is 1270. The lowest BCUT2D eigenvalue weighted by atomic mass is 10.1. The van der Waals surface area contributed by atoms with E-state index in [4.69, 9.17) is 26.8 Å². The highest BCUT2D eigenvalue weighted by molar-refractivity contribution is 14.1. The van der Waals surface area contributed by atoms with Crippen LogP contribution in [-0.4, -0.2) is 28.6 Å². The van der Waals surface area contributed by atoms with E-state index in [1.807, 2.05) is 24.3 Å². The first-order valence-electron chi connectivity index (χ1n) is 9.66. The number of ether oxygens (including phenoxy) is 2. The number of aliphatic hydroxyl groups is 1. The molecule has 0 amide bonds. The van der Waals surface area contributed by atoms with Crippen molar-refractivity contribution in [1.29, 1.82) is 10.5 Å². The Kier molecular flexibility index (Phi) is 8.17. The number of hydrogen-bond donors (Lipinski definition) is 2. The highest BCUT2D eigenvalue weighted by Crippen LogP contribution is 2.36. The van der Waals surface area contributed by atoms with Gasteiger partial charge in [0.25, 0.3) is 0 Å². The van der Waals surface area contributed by atoms with Crippen LogP contribution >= 0.6 is 34.2 Å². The molecule has 8 nitrogen and oxygen atoms in total. The Morgan fingerprint density at radius 1 is 1.30 bits per heavy atom. The highest BCUT2D eigenvalue weighted by atomic mass is 127. The summed E-state index contributed by atoms with van der Waals surface area (Å²) >= 11 is 8.06. The number of nitrogens with zero attached hydrogens (tertiary/aromatic N) is 4. The van der Waals surface area contributed by atoms with Gasteiger partial charge < -0.3 is 20.3 Å². The van der Waals surface area contributed by atoms with Crippen LogP contribution in [0.1, 0.15) is 22.4 Å². The molecule has 1 heterocycles. The fourth-order valence-corrected chi connectivity index (χ4v) is 3.97. The first-order chi connectivity index (χ1) is 15.9. The molecule has 168 valence electrons. The smallest absolute Gasteiger partial charge is 0.174 e. The molecule has 0 saturated carbocycles. The van der Waals surface area contributed by atoms with Gasteiger partial charge in [0.05, 0.1) is 29.4 Å². The standard InChI is InChI=1S/C23H19ClIN5O3/c1-32-20-10-15(9-19(25)22(20)33-13-14-2-4-17(24)5-3-14)8-16(11-26)21-18(12-27)23(28)30(29-21)6-7-31/h2-5,8-10,31H,6-7,13,28H2,1H3/b16-8-. The van der Waals surface area contributed by atoms with Gasteiger partial charge in [0.1, 0.15) is 35.8 Å². The molecule has 0 unspecified atom stereocenters. The number of allylic oxidation sites excluding steroid dienone is 1. The molecule has 33 heavy (non-hydrogen) atoms. The molecule has 0 aliphatic carbocycles. The van der Waals surface area contributed by atoms with Gasteiger partial charge in [-0.3, -0.25) is 0 Å². The molecule has 2 aromatic carbocycles. The van der Waals surface area contributed by atoms with Crippen molar-refractivity contribution in [3.63, 3.8) is 0 Å². The maximum absolute atomic E-state index is 9.74. The summed E-state index contributed by atoms with van der Waals surface area (Å²) in [5.41, 5.74) is 7.96. The van der Waals surface area contributed by atoms with E-state index < -0.39 is 0 Å². The fourth-order valence-electron chi connectivity index (χ4n) is 3.06. The van der Waals surface area contributed by atoms with Crippen molar-refractivity contribution in [2.24, 2.45) is 0 Å². The van der Waals surface area contributed by atoms with Crippen LogP contribution in [0.4, 0.5) is 5.82 Å². The number of methoxy groups -OCH3 is 1. The minimum Gasteiger partial charge on any atom is -0.493 e. The second-order valence-electron chi connectivity index (χ2n) is 6.79. The number of rotatable bonds is 8. The van der Waals surface area contributed by atoms with Gasteiger partial charge in [0.15, 0.2) is 11.5 Å². The monoisotopic (exact) mass is 575 g/mol. The van der Waals surface area contributed by atoms with Gasteiger partial charge in [0, 0.05) is 5.02 Å². The summed E-state index contributed by atoms with van der Waals surface area (Å²) in [6.07, 6.45) is 1.60. The van der Waals surface area contributed by atoms with Gasteiger partial charge in [-0.2, -0.15) is 15.6 Å². The molecule has 0 radical (unpaired) electrons. The number of anilines is 1. The maximum atomic E-state index is 9.74. The lowest BCUT2D eigenvalue weighted by Gasteiger charge is -2.14. The summed E-state index contributed by atoms with van der Waals surface area (Å²) in [4.78, 5) is 0. The van der Waals surface area contributed by atoms with Crippen LogP contribution in [0, 0.1) is 26.2 Å². The van der Waals surface area contributed by atoms with E-state index in [0.717, 1.165) is 9.13 Å². The van der Waals surface area contributed by atoms with Crippen LogP contribution in [0.2, 0.25) is 5.02 Å². The first-order valence-corrected chi connectivity index (χ1v) is 11.1. The van der Waals surface area contributed by atoms with Gasteiger partial charge in [-0.25, -0.2) is 4.68 Å². The normalized spacial score (nSPS) is 11.0. The molecular weight excluding hydrogens is 557 g/mol. The molecule has 0 fully saturated rings. The van der Waals surface area contributed by atoms with E-state index in [0.29, 0.717) is 28.7 Å². The molecule has 3 rings (SSSR count). The van der Waals surface area contributed by atoms with Crippen molar-refractivity contribution in [2.75, 3.05) is 19.5 Å². The molecule has 0 aliphatic heterocycles. The van der Waals surface area contributed by atoms with E-state index in [9.17, 15) is 15.6 Å². The van der Waals surface area contributed by atoms with E-state index >= 15 is 0 Å². The maximum Gasteiger partial charge on any atom is 0.174 e. The summed E-state index contributed by atoms with van der Waals surface area (Å²) in [5.74, 6) is 1.16. The molecule has 0 spiro atoms. The van der Waals surface area contributed by atoms with Crippen LogP contribution in [0.5, 0.6) is 11.5 Å². The van der Waals surface area contributed by atoms with Gasteiger partial charge in [-0.1, -0.05) is 23.7 Å². The second kappa shape index (κ2) is 11.1. The van der Waals surface area contributed by atoms with Gasteiger partial charge in [-0.15, -0.1) is 0 Å². The molecule has 0 saturated heterocycles. The van der Waals surface area contributed by atoms with Crippen molar-refractivity contribution in [1.82, 2.24) is 9.78 Å². The van der Waals surface area contributed by atoms with Crippen LogP contribution in [-0.2, 0) is 13.2 Å². The Balaban J connectivity index is 1.95. The zero-order valence-electron chi connectivity index (χ0n) is 17.5. The number of nitrogens with two attached hydrogens (primary N) is 1. The van der Waals surface area contributed by atoms with Crippen LogP contribution < -0.4 is 15.2 Å². The summed E-state index contributed by atoms with van der Waals surface area (Å²) in [6, 6.07) is 15.0. The van der Waals surface area contributed by atoms with Crippen molar-refractivity contribution < 1.29 is 14.6 Å². The molecule has 3 aromatic rings. The van der Waals surface area contributed by atoms with Gasteiger partial charge in [0.2, 0.25) is 0 Å². The highest BCUT2D eigenvalue weighted by Gasteiger charge is 2.19. The zero-order chi connectivity index (χ0) is 24.0. The number of benzene rings is 2. The van der Waals surface area contributed by atoms with Crippen molar-refractivity contribution >= 4 is 51.7 Å². The van der Waals surface area contributed by atoms with Crippen molar-refractivity contribution in [3.8, 4) is 23.6 Å². The summed E-state index contributed by atoms with van der Waals surface area (Å²) in [6.45, 7) is 0.245. The molecule has 3 N–H and O–H groups in total. The third-order valence-electron chi connectivity index (χ3n) is 4.65. The molecule has 0 bridgehead atoms. The minimum atomic E-state index is -0.200. The number of halogens is 2. The third kappa shape index (κ3) is 5.57. The van der Waals surface area contributed by atoms with Crippen LogP contribution in [0.15, 0.2) is 36.4 Å². The van der Waals surface area contributed by atoms with Crippen molar-refractivity contribution in [3.05, 3.63) is 67.4 Å². The number of aliphatic hydroxyl groups excluding tert-OH is 1. The molecular formula is C23H19ClIN5O3. The van der Waals surface area contributed by atoms with E-state index in [1.54, 1.807) is 24.3 Å². The average molecular weight is 576 g/mol. The van der Waals surface area contributed by atoms with Crippen LogP contribution in [0.25, 0.3) is 11.6 Å². The number of nitrogen functional groups attached to an aromatic ring is 1. The average Bonchev–Trinajstić information content (AvgIpc) is 3.12. The van der Waals surface area contributed by atoms with Crippen LogP contribution in [0.3, 0.4) is 0 Å².